The lowest BCUT2D eigenvalue weighted by Gasteiger charge is -2.26. The molecule has 7 rings (SSSR count). The number of carbonyl (C=O) groups is 3. The highest BCUT2D eigenvalue weighted by Gasteiger charge is 2.62. The summed E-state index contributed by atoms with van der Waals surface area (Å²) in [5.41, 5.74) is -1.40. The Balaban J connectivity index is 1.17. The molecule has 1 saturated heterocycles. The van der Waals surface area contributed by atoms with Gasteiger partial charge in [0, 0.05) is 36.5 Å². The summed E-state index contributed by atoms with van der Waals surface area (Å²) in [5, 5.41) is 8.18. The van der Waals surface area contributed by atoms with E-state index in [2.05, 4.69) is 15.1 Å². The van der Waals surface area contributed by atoms with Crippen molar-refractivity contribution in [1.82, 2.24) is 29.7 Å². The molecule has 254 valence electrons. The minimum atomic E-state index is -3.82. The van der Waals surface area contributed by atoms with Crippen molar-refractivity contribution in [2.24, 2.45) is 5.92 Å². The van der Waals surface area contributed by atoms with Crippen molar-refractivity contribution in [2.75, 3.05) is 13.7 Å². The van der Waals surface area contributed by atoms with Crippen LogP contribution in [0.3, 0.4) is 0 Å². The van der Waals surface area contributed by atoms with Crippen molar-refractivity contribution in [3.63, 3.8) is 0 Å². The van der Waals surface area contributed by atoms with E-state index in [4.69, 9.17) is 14.5 Å². The van der Waals surface area contributed by atoms with E-state index in [0.29, 0.717) is 36.7 Å². The molecular weight excluding hydrogens is 636 g/mol. The van der Waals surface area contributed by atoms with Crippen molar-refractivity contribution in [1.29, 1.82) is 0 Å². The minimum absolute atomic E-state index is 0.154. The van der Waals surface area contributed by atoms with Crippen LogP contribution in [0.1, 0.15) is 64.2 Å². The third-order valence-corrected chi connectivity index (χ3v) is 11.6. The molecule has 0 unspecified atom stereocenters. The summed E-state index contributed by atoms with van der Waals surface area (Å²) in [4.78, 5) is 47.5. The van der Waals surface area contributed by atoms with Crippen LogP contribution in [0, 0.1) is 5.92 Å². The number of ether oxygens (including phenoxy) is 2. The number of amides is 3. The second-order valence-electron chi connectivity index (χ2n) is 13.2. The van der Waals surface area contributed by atoms with Gasteiger partial charge < -0.3 is 19.7 Å². The third-order valence-electron chi connectivity index (χ3n) is 9.74. The van der Waals surface area contributed by atoms with Crippen LogP contribution in [0.5, 0.6) is 11.6 Å². The molecule has 14 heteroatoms. The molecule has 4 atom stereocenters. The Labute approximate surface area is 279 Å². The largest absolute Gasteiger partial charge is 0.497 e. The number of nitrogens with zero attached hydrogens (tertiary/aromatic N) is 4. The summed E-state index contributed by atoms with van der Waals surface area (Å²) >= 11 is 0. The second kappa shape index (κ2) is 12.9. The molecular formula is C34H40N6O7S. The van der Waals surface area contributed by atoms with Crippen LogP contribution in [0.2, 0.25) is 0 Å². The first kappa shape index (κ1) is 32.1. The molecule has 0 spiro atoms. The highest BCUT2D eigenvalue weighted by molar-refractivity contribution is 7.91. The Morgan fingerprint density at radius 1 is 1.12 bits per heavy atom. The van der Waals surface area contributed by atoms with Crippen molar-refractivity contribution in [3.8, 4) is 17.4 Å². The molecule has 13 nitrogen and oxygen atoms in total. The number of hydrogen-bond acceptors (Lipinski definition) is 9. The molecule has 2 aliphatic heterocycles. The van der Waals surface area contributed by atoms with E-state index >= 15 is 0 Å². The zero-order chi connectivity index (χ0) is 33.5. The normalized spacial score (nSPS) is 26.5. The van der Waals surface area contributed by atoms with Crippen LogP contribution in [-0.2, 0) is 24.4 Å². The molecule has 0 bridgehead atoms. The molecule has 2 aliphatic carbocycles. The van der Waals surface area contributed by atoms with Crippen LogP contribution in [0.25, 0.3) is 16.6 Å². The summed E-state index contributed by atoms with van der Waals surface area (Å²) in [6, 6.07) is 8.30. The molecule has 1 aromatic carbocycles. The number of hydrogen-bond donors (Lipinski definition) is 2. The van der Waals surface area contributed by atoms with E-state index in [1.165, 1.54) is 0 Å². The predicted molar refractivity (Wildman–Crippen MR) is 176 cm³/mol. The average Bonchev–Trinajstić information content (AvgIpc) is 3.93. The van der Waals surface area contributed by atoms with Crippen LogP contribution in [0.4, 0.5) is 0 Å². The third kappa shape index (κ3) is 6.49. The molecule has 2 aromatic heterocycles. The van der Waals surface area contributed by atoms with E-state index in [1.807, 2.05) is 36.4 Å². The fourth-order valence-corrected chi connectivity index (χ4v) is 8.12. The molecule has 0 radical (unpaired) electrons. The first-order chi connectivity index (χ1) is 23.2. The van der Waals surface area contributed by atoms with Crippen LogP contribution in [0.15, 0.2) is 54.9 Å². The van der Waals surface area contributed by atoms with Gasteiger partial charge in [-0.1, -0.05) is 25.0 Å². The number of nitrogens with one attached hydrogen (secondary N) is 2. The average molecular weight is 677 g/mol. The Morgan fingerprint density at radius 2 is 1.96 bits per heavy atom. The Bertz CT molecular complexity index is 1860. The molecule has 4 heterocycles. The molecule has 3 fully saturated rings. The SMILES string of the molecule is COc1ccc2c(O[C@@H]3C[C@H]4C(=O)N[C@]5(C(=O)NS(=O)(=O)C6CC6)C[C@H]5C=CCCCCCCC(=O)N4C3)nc(-n3cccn3)cc2c1. The first-order valence-corrected chi connectivity index (χ1v) is 18.2. The molecule has 4 aliphatic rings. The van der Waals surface area contributed by atoms with Gasteiger partial charge in [0.05, 0.1) is 18.9 Å². The van der Waals surface area contributed by atoms with E-state index in [0.717, 1.165) is 36.5 Å². The van der Waals surface area contributed by atoms with Gasteiger partial charge in [0.1, 0.15) is 23.4 Å². The smallest absolute Gasteiger partial charge is 0.259 e. The monoisotopic (exact) mass is 676 g/mol. The van der Waals surface area contributed by atoms with Crippen LogP contribution >= 0.6 is 0 Å². The number of methoxy groups -OCH3 is 1. The number of rotatable bonds is 7. The first-order valence-electron chi connectivity index (χ1n) is 16.7. The highest BCUT2D eigenvalue weighted by atomic mass is 32.2. The summed E-state index contributed by atoms with van der Waals surface area (Å²) in [7, 11) is -2.23. The van der Waals surface area contributed by atoms with Gasteiger partial charge in [-0.25, -0.2) is 13.1 Å². The Morgan fingerprint density at radius 3 is 2.73 bits per heavy atom. The summed E-state index contributed by atoms with van der Waals surface area (Å²) in [6.07, 6.45) is 12.8. The number of sulfonamides is 1. The van der Waals surface area contributed by atoms with Gasteiger partial charge in [-0.2, -0.15) is 10.1 Å². The number of allylic oxidation sites excluding steroid dienone is 1. The maximum Gasteiger partial charge on any atom is 0.259 e. The Hall–Kier alpha value is -4.46. The lowest BCUT2D eigenvalue weighted by molar-refractivity contribution is -0.139. The van der Waals surface area contributed by atoms with Crippen molar-refractivity contribution in [3.05, 3.63) is 54.9 Å². The number of carbonyl (C=O) groups excluding carboxylic acids is 3. The number of pyridine rings is 1. The Kier molecular flexibility index (Phi) is 8.60. The number of aromatic nitrogens is 3. The number of benzene rings is 1. The van der Waals surface area contributed by atoms with Gasteiger partial charge >= 0.3 is 0 Å². The summed E-state index contributed by atoms with van der Waals surface area (Å²) in [5.74, 6) is -0.232. The van der Waals surface area contributed by atoms with Crippen molar-refractivity contribution >= 4 is 38.5 Å². The lowest BCUT2D eigenvalue weighted by atomic mass is 10.1. The summed E-state index contributed by atoms with van der Waals surface area (Å²) < 4.78 is 41.2. The quantitative estimate of drug-likeness (QED) is 0.358. The predicted octanol–water partition coefficient (Wildman–Crippen LogP) is 3.17. The topological polar surface area (TPSA) is 162 Å². The van der Waals surface area contributed by atoms with Gasteiger partial charge in [0.15, 0.2) is 5.82 Å². The maximum absolute atomic E-state index is 14.1. The minimum Gasteiger partial charge on any atom is -0.497 e. The fraction of sp³-hybridized carbons (Fsp3) is 0.500. The molecule has 3 aromatic rings. The van der Waals surface area contributed by atoms with Crippen LogP contribution < -0.4 is 19.5 Å². The van der Waals surface area contributed by atoms with Crippen molar-refractivity contribution < 1.29 is 32.3 Å². The standard InChI is InChI=1S/C34H40N6O7S/c1-46-24-11-14-27-22(17-24)18-29(40-16-8-15-35-40)36-32(27)47-25-19-28-31(42)37-34(33(43)38-48(44,45)26-12-13-26)20-23(34)9-6-4-2-3-5-7-10-30(41)39(28)21-25/h6,8-9,11,14-18,23,25-26,28H,2-5,7,10,12-13,19-21H2,1H3,(H,37,42)(H,38,43)/t23-,25-,28+,34-/m1/s1. The van der Waals surface area contributed by atoms with Gasteiger partial charge in [0.25, 0.3) is 5.91 Å². The zero-order valence-corrected chi connectivity index (χ0v) is 27.7. The number of fused-ring (bicyclic) bond motifs is 3. The molecule has 48 heavy (non-hydrogen) atoms. The van der Waals surface area contributed by atoms with E-state index < -0.39 is 44.8 Å². The van der Waals surface area contributed by atoms with E-state index in [-0.39, 0.29) is 37.6 Å². The van der Waals surface area contributed by atoms with Gasteiger partial charge in [0.2, 0.25) is 27.7 Å². The van der Waals surface area contributed by atoms with Gasteiger partial charge in [-0.05, 0) is 74.2 Å². The fourth-order valence-electron chi connectivity index (χ4n) is 6.76. The van der Waals surface area contributed by atoms with E-state index in [9.17, 15) is 22.8 Å². The van der Waals surface area contributed by atoms with Crippen LogP contribution in [-0.4, -0.2) is 82.4 Å². The highest BCUT2D eigenvalue weighted by Crippen LogP contribution is 2.46. The second-order valence-corrected chi connectivity index (χ2v) is 15.1. The van der Waals surface area contributed by atoms with Crippen molar-refractivity contribution in [2.45, 2.75) is 87.1 Å². The lowest BCUT2D eigenvalue weighted by Crippen LogP contribution is -2.56. The molecule has 3 amide bonds. The van der Waals surface area contributed by atoms with Gasteiger partial charge in [-0.3, -0.25) is 19.1 Å². The zero-order valence-electron chi connectivity index (χ0n) is 26.8. The summed E-state index contributed by atoms with van der Waals surface area (Å²) in [6.45, 7) is 0.154. The molecule has 2 N–H and O–H groups in total. The maximum atomic E-state index is 14.1. The molecule has 2 saturated carbocycles. The van der Waals surface area contributed by atoms with E-state index in [1.54, 1.807) is 35.2 Å². The van der Waals surface area contributed by atoms with Gasteiger partial charge in [-0.15, -0.1) is 0 Å².